The number of carboxylic acids is 5. The van der Waals surface area contributed by atoms with Gasteiger partial charge in [0, 0.05) is 52.4 Å². The molecule has 15 nitrogen and oxygen atoms in total. The molecule has 2 rings (SSSR count). The van der Waals surface area contributed by atoms with Gasteiger partial charge < -0.3 is 59.3 Å². The van der Waals surface area contributed by atoms with Crippen molar-refractivity contribution in [1.82, 2.24) is 14.7 Å². The van der Waals surface area contributed by atoms with E-state index in [9.17, 15) is 54.6 Å². The second kappa shape index (κ2) is 16.5. The third kappa shape index (κ3) is 12.6. The van der Waals surface area contributed by atoms with Crippen molar-refractivity contribution < 1.29 is 59.3 Å². The smallest absolute Gasteiger partial charge is 0.119 e. The van der Waals surface area contributed by atoms with Gasteiger partial charge in [-0.15, -0.1) is 0 Å². The number of carbonyl (C=O) groups excluding carboxylic acids is 5. The standard InChI is InChI=1S/C27H33N3O12/c31-21-5-1-18(2-6-21)19-3-7-22(8-4-19)42-17-20(30(15-26(38)39)16-27(40)41)11-28(12-23(32)33)9-10-29(13-24(34)35)14-25(36)37/h1-8,20,31H,9-17H2,(H,32,33)(H,34,35)(H,36,37)(H,38,39)(H,40,41)/p-5. The van der Waals surface area contributed by atoms with Gasteiger partial charge >= 0.3 is 0 Å². The van der Waals surface area contributed by atoms with Crippen molar-refractivity contribution in [3.05, 3.63) is 48.5 Å². The molecule has 228 valence electrons. The molecule has 0 aliphatic carbocycles. The number of aromatic hydroxyl groups is 1. The highest BCUT2D eigenvalue weighted by atomic mass is 16.5. The maximum absolute atomic E-state index is 11.4. The maximum atomic E-state index is 11.4. The largest absolute Gasteiger partial charge is 0.549 e. The Kier molecular flexibility index (Phi) is 13.2. The molecule has 0 bridgehead atoms. The van der Waals surface area contributed by atoms with Crippen LogP contribution in [0.1, 0.15) is 0 Å². The van der Waals surface area contributed by atoms with E-state index in [1.165, 1.54) is 17.0 Å². The highest BCUT2D eigenvalue weighted by Crippen LogP contribution is 2.24. The van der Waals surface area contributed by atoms with Crippen molar-refractivity contribution in [2.45, 2.75) is 6.04 Å². The molecule has 0 heterocycles. The molecule has 0 radical (unpaired) electrons. The van der Waals surface area contributed by atoms with Crippen LogP contribution in [0, 0.1) is 0 Å². The van der Waals surface area contributed by atoms with E-state index < -0.39 is 68.6 Å². The minimum Gasteiger partial charge on any atom is -0.549 e. The lowest BCUT2D eigenvalue weighted by Gasteiger charge is -2.36. The van der Waals surface area contributed by atoms with Gasteiger partial charge in [-0.1, -0.05) is 24.3 Å². The van der Waals surface area contributed by atoms with Gasteiger partial charge in [0.2, 0.25) is 0 Å². The van der Waals surface area contributed by atoms with Crippen LogP contribution in [0.15, 0.2) is 48.5 Å². The number of carbonyl (C=O) groups is 5. The first kappa shape index (κ1) is 33.5. The van der Waals surface area contributed by atoms with Gasteiger partial charge in [-0.05, 0) is 35.4 Å². The SMILES string of the molecule is O=C([O-])CN(CCN(CC(=O)[O-])CC(COc1ccc(-c2ccc(O)cc2)cc1)N(CC(=O)[O-])CC(=O)[O-])CC(=O)[O-]. The number of hydrogen-bond donors (Lipinski definition) is 1. The molecular weight excluding hydrogens is 558 g/mol. The van der Waals surface area contributed by atoms with Crippen molar-refractivity contribution >= 4 is 29.8 Å². The average molecular weight is 587 g/mol. The van der Waals surface area contributed by atoms with Crippen molar-refractivity contribution in [1.29, 1.82) is 0 Å². The fourth-order valence-corrected chi connectivity index (χ4v) is 4.09. The first-order chi connectivity index (χ1) is 19.8. The minimum atomic E-state index is -1.62. The summed E-state index contributed by atoms with van der Waals surface area (Å²) >= 11 is 0. The van der Waals surface area contributed by atoms with Crippen LogP contribution in [0.25, 0.3) is 11.1 Å². The van der Waals surface area contributed by atoms with Crippen molar-refractivity contribution in [2.75, 3.05) is 59.0 Å². The molecule has 42 heavy (non-hydrogen) atoms. The van der Waals surface area contributed by atoms with Crippen LogP contribution in [-0.4, -0.2) is 115 Å². The monoisotopic (exact) mass is 586 g/mol. The number of aliphatic carboxylic acids is 5. The number of hydrogen-bond acceptors (Lipinski definition) is 15. The van der Waals surface area contributed by atoms with Crippen LogP contribution in [0.4, 0.5) is 0 Å². The Hall–Kier alpha value is -4.73. The number of ether oxygens (including phenoxy) is 1. The number of phenolic OH excluding ortho intramolecular Hbond substituents is 1. The topological polar surface area (TPSA) is 240 Å². The predicted molar refractivity (Wildman–Crippen MR) is 132 cm³/mol. The summed E-state index contributed by atoms with van der Waals surface area (Å²) in [5.74, 6) is -7.57. The summed E-state index contributed by atoms with van der Waals surface area (Å²) in [6, 6.07) is 12.0. The summed E-state index contributed by atoms with van der Waals surface area (Å²) in [6.45, 7) is -5.23. The third-order valence-corrected chi connectivity index (χ3v) is 5.94. The Morgan fingerprint density at radius 2 is 1.02 bits per heavy atom. The number of phenols is 1. The lowest BCUT2D eigenvalue weighted by atomic mass is 10.1. The number of nitrogens with zero attached hydrogens (tertiary/aromatic N) is 3. The van der Waals surface area contributed by atoms with Gasteiger partial charge in [0.15, 0.2) is 0 Å². The van der Waals surface area contributed by atoms with Crippen molar-refractivity contribution in [2.24, 2.45) is 0 Å². The Morgan fingerprint density at radius 3 is 1.48 bits per heavy atom. The number of benzene rings is 2. The van der Waals surface area contributed by atoms with Gasteiger partial charge in [0.05, 0.1) is 35.9 Å². The molecule has 1 atom stereocenters. The molecule has 0 aliphatic heterocycles. The van der Waals surface area contributed by atoms with E-state index in [4.69, 9.17) is 4.74 Å². The van der Waals surface area contributed by atoms with E-state index in [0.29, 0.717) is 5.75 Å². The Bertz CT molecular complexity index is 1190. The van der Waals surface area contributed by atoms with Crippen LogP contribution in [0.3, 0.4) is 0 Å². The summed E-state index contributed by atoms with van der Waals surface area (Å²) < 4.78 is 5.78. The molecule has 1 N–H and O–H groups in total. The molecule has 0 saturated heterocycles. The van der Waals surface area contributed by atoms with Crippen LogP contribution < -0.4 is 30.3 Å². The Balaban J connectivity index is 2.25. The fraction of sp³-hybridized carbons (Fsp3) is 0.370. The maximum Gasteiger partial charge on any atom is 0.119 e. The summed E-state index contributed by atoms with van der Waals surface area (Å²) in [5, 5.41) is 65.6. The summed E-state index contributed by atoms with van der Waals surface area (Å²) in [7, 11) is 0. The molecule has 15 heteroatoms. The van der Waals surface area contributed by atoms with E-state index in [2.05, 4.69) is 0 Å². The van der Waals surface area contributed by atoms with E-state index in [1.807, 2.05) is 0 Å². The van der Waals surface area contributed by atoms with Crippen LogP contribution in [0.5, 0.6) is 11.5 Å². The zero-order valence-electron chi connectivity index (χ0n) is 22.3. The highest BCUT2D eigenvalue weighted by Gasteiger charge is 2.24. The quantitative estimate of drug-likeness (QED) is 0.152. The molecule has 0 fully saturated rings. The minimum absolute atomic E-state index is 0.0978. The van der Waals surface area contributed by atoms with Gasteiger partial charge in [-0.2, -0.15) is 0 Å². The average Bonchev–Trinajstić information content (AvgIpc) is 2.88. The highest BCUT2D eigenvalue weighted by molar-refractivity contribution is 5.71. The lowest BCUT2D eigenvalue weighted by Crippen LogP contribution is -2.56. The lowest BCUT2D eigenvalue weighted by molar-refractivity contribution is -0.313. The normalized spacial score (nSPS) is 11.9. The molecule has 2 aromatic rings. The predicted octanol–water partition coefficient (Wildman–Crippen LogP) is -6.54. The molecule has 2 aromatic carbocycles. The fourth-order valence-electron chi connectivity index (χ4n) is 4.09. The molecule has 1 unspecified atom stereocenters. The molecule has 0 spiro atoms. The first-order valence-corrected chi connectivity index (χ1v) is 12.5. The number of rotatable bonds is 20. The second-order valence-corrected chi connectivity index (χ2v) is 9.25. The van der Waals surface area contributed by atoms with E-state index in [1.54, 1.807) is 36.4 Å². The van der Waals surface area contributed by atoms with Crippen LogP contribution in [0.2, 0.25) is 0 Å². The van der Waals surface area contributed by atoms with E-state index in [0.717, 1.165) is 20.9 Å². The van der Waals surface area contributed by atoms with E-state index >= 15 is 0 Å². The molecule has 0 aromatic heterocycles. The molecule has 0 saturated carbocycles. The molecule has 0 aliphatic rings. The zero-order chi connectivity index (χ0) is 31.2. The van der Waals surface area contributed by atoms with Crippen LogP contribution in [-0.2, 0) is 24.0 Å². The summed E-state index contributed by atoms with van der Waals surface area (Å²) in [4.78, 5) is 59.2. The Morgan fingerprint density at radius 1 is 0.619 bits per heavy atom. The van der Waals surface area contributed by atoms with Gasteiger partial charge in [0.25, 0.3) is 0 Å². The van der Waals surface area contributed by atoms with Gasteiger partial charge in [-0.3, -0.25) is 14.7 Å². The van der Waals surface area contributed by atoms with Crippen molar-refractivity contribution in [3.63, 3.8) is 0 Å². The second-order valence-electron chi connectivity index (χ2n) is 9.25. The van der Waals surface area contributed by atoms with Gasteiger partial charge in [0.1, 0.15) is 18.1 Å². The van der Waals surface area contributed by atoms with E-state index in [-0.39, 0.29) is 32.0 Å². The van der Waals surface area contributed by atoms with Crippen molar-refractivity contribution in [3.8, 4) is 22.6 Å². The summed E-state index contributed by atoms with van der Waals surface area (Å²) in [6.07, 6.45) is 0. The Labute approximate surface area is 240 Å². The van der Waals surface area contributed by atoms with Crippen LogP contribution >= 0.6 is 0 Å². The third-order valence-electron chi connectivity index (χ3n) is 5.94. The molecule has 0 amide bonds. The molecular formula is C27H28N3O12-5. The van der Waals surface area contributed by atoms with Gasteiger partial charge in [-0.25, -0.2) is 0 Å². The zero-order valence-corrected chi connectivity index (χ0v) is 22.3. The number of carboxylic acid groups (broad SMARTS) is 5. The first-order valence-electron chi connectivity index (χ1n) is 12.5. The summed E-state index contributed by atoms with van der Waals surface area (Å²) in [5.41, 5.74) is 1.59.